The number of fused-ring (bicyclic) bond motifs is 5. The predicted octanol–water partition coefficient (Wildman–Crippen LogP) is 7.62. The highest BCUT2D eigenvalue weighted by molar-refractivity contribution is 8.77. The molecule has 0 aromatic carbocycles. The molecule has 2 unspecified atom stereocenters. The van der Waals surface area contributed by atoms with E-state index in [1.165, 1.54) is 57.1 Å². The molecule has 288 valence electrons. The van der Waals surface area contributed by atoms with E-state index in [4.69, 9.17) is 28.9 Å². The van der Waals surface area contributed by atoms with Gasteiger partial charge in [-0.05, 0) is 70.3 Å². The zero-order valence-electron chi connectivity index (χ0n) is 31.1. The van der Waals surface area contributed by atoms with Crippen LogP contribution in [0.25, 0.3) is 0 Å². The van der Waals surface area contributed by atoms with Gasteiger partial charge in [-0.25, -0.2) is 9.68 Å². The molecule has 0 aromatic rings. The molecule has 0 radical (unpaired) electrons. The number of epoxide rings is 1. The minimum atomic E-state index is -0.897. The first-order chi connectivity index (χ1) is 24.0. The molecule has 10 nitrogen and oxygen atoms in total. The number of esters is 1. The normalized spacial score (nSPS) is 36.9. The summed E-state index contributed by atoms with van der Waals surface area (Å²) in [6.45, 7) is 12.2. The van der Waals surface area contributed by atoms with Crippen molar-refractivity contribution in [2.24, 2.45) is 17.3 Å². The van der Waals surface area contributed by atoms with E-state index in [0.717, 1.165) is 55.0 Å². The number of amides is 1. The first kappa shape index (κ1) is 40.3. The van der Waals surface area contributed by atoms with E-state index in [2.05, 4.69) is 12.2 Å². The fraction of sp³-hybridized carbons (Fsp3) is 0.895. The van der Waals surface area contributed by atoms with E-state index in [9.17, 15) is 14.8 Å². The fourth-order valence-electron chi connectivity index (χ4n) is 9.19. The molecular formula is C38H65NO9S2. The van der Waals surface area contributed by atoms with E-state index < -0.39 is 29.2 Å². The van der Waals surface area contributed by atoms with Gasteiger partial charge in [0, 0.05) is 48.9 Å². The van der Waals surface area contributed by atoms with Crippen LogP contribution in [0.4, 0.5) is 0 Å². The van der Waals surface area contributed by atoms with Gasteiger partial charge < -0.3 is 29.4 Å². The van der Waals surface area contributed by atoms with E-state index in [0.29, 0.717) is 32.7 Å². The molecule has 3 N–H and O–H groups in total. The van der Waals surface area contributed by atoms with Gasteiger partial charge in [-0.3, -0.25) is 10.1 Å². The summed E-state index contributed by atoms with van der Waals surface area (Å²) in [5.41, 5.74) is -0.833. The van der Waals surface area contributed by atoms with Crippen molar-refractivity contribution >= 4 is 33.5 Å². The van der Waals surface area contributed by atoms with Crippen LogP contribution in [0.15, 0.2) is 11.1 Å². The Kier molecular flexibility index (Phi) is 14.1. The van der Waals surface area contributed by atoms with Crippen LogP contribution in [0.2, 0.25) is 0 Å². The van der Waals surface area contributed by atoms with E-state index in [-0.39, 0.29) is 30.6 Å². The Bertz CT molecular complexity index is 1200. The van der Waals surface area contributed by atoms with Crippen molar-refractivity contribution in [2.45, 2.75) is 165 Å². The van der Waals surface area contributed by atoms with Gasteiger partial charge in [-0.15, -0.1) is 0 Å². The highest BCUT2D eigenvalue weighted by atomic mass is 33.1. The number of unbranched alkanes of at least 4 members (excludes halogenated alkanes) is 8. The smallest absolute Gasteiger partial charge is 0.334 e. The molecule has 5 aliphatic heterocycles. The van der Waals surface area contributed by atoms with Gasteiger partial charge in [0.25, 0.3) is 0 Å². The number of ether oxygens (including phenoxy) is 4. The molecule has 0 bridgehead atoms. The average Bonchev–Trinajstić information content (AvgIpc) is 3.37. The van der Waals surface area contributed by atoms with Gasteiger partial charge in [-0.2, -0.15) is 0 Å². The second kappa shape index (κ2) is 17.5. The Morgan fingerprint density at radius 2 is 1.76 bits per heavy atom. The van der Waals surface area contributed by atoms with Gasteiger partial charge in [-0.1, -0.05) is 87.3 Å². The van der Waals surface area contributed by atoms with E-state index in [1.54, 1.807) is 0 Å². The molecule has 4 fully saturated rings. The topological polar surface area (TPSA) is 136 Å². The Hall–Kier alpha value is -0.860. The number of aliphatic hydroxyl groups excluding tert-OH is 1. The summed E-state index contributed by atoms with van der Waals surface area (Å²) in [5, 5.41) is 22.5. The number of carbonyl (C=O) groups is 2. The Labute approximate surface area is 309 Å². The highest BCUT2D eigenvalue weighted by Crippen LogP contribution is 2.68. The van der Waals surface area contributed by atoms with Crippen molar-refractivity contribution in [2.75, 3.05) is 32.1 Å². The summed E-state index contributed by atoms with van der Waals surface area (Å²) < 4.78 is 24.4. The predicted molar refractivity (Wildman–Crippen MR) is 199 cm³/mol. The van der Waals surface area contributed by atoms with E-state index >= 15 is 0 Å². The number of carbonyl (C=O) groups excluding carboxylic acids is 2. The van der Waals surface area contributed by atoms with Gasteiger partial charge in [0.05, 0.1) is 6.61 Å². The van der Waals surface area contributed by atoms with Gasteiger partial charge in [0.15, 0.2) is 18.0 Å². The third-order valence-corrected chi connectivity index (χ3v) is 15.9. The molecule has 5 heterocycles. The minimum absolute atomic E-state index is 0. The van der Waals surface area contributed by atoms with Crippen LogP contribution < -0.4 is 5.32 Å². The SMILES string of the molecule is CC(C)[C@]12O[C@H]1O[C@]1(C)[C@@]3(C)CCC4=C(COC4=O)[C@@H]3CO[C@]1(C)C2OO.O=C(CCCCC1CCSS1)NCCCCCCCCCCO.[HH]. The number of aliphatic hydroxyl groups is 1. The number of rotatable bonds is 17. The van der Waals surface area contributed by atoms with Crippen LogP contribution in [-0.2, 0) is 33.4 Å². The lowest BCUT2D eigenvalue weighted by atomic mass is 9.50. The lowest BCUT2D eigenvalue weighted by molar-refractivity contribution is -0.405. The standard InChI is InChI=1S/C20H28O7.C18H35NO2S2.H2/c1-10(2)20-15(27-22)18(4)19(5,25-16(20)26-20)17(3)7-6-11-12(8-23-14(11)21)13(17)9-24-18;20-15-10-6-4-2-1-3-5-9-14-19-18(21)12-8-7-11-17-13-16-22-23-17;/h10,13,15-16,22H,6-9H2,1-5H3;17,20H,1-16H2,(H,19,21);1H/t13-,15?,16+,17-,18+,19+,20+;;/m0../s1. The lowest BCUT2D eigenvalue weighted by Gasteiger charge is -2.66. The van der Waals surface area contributed by atoms with Crippen molar-refractivity contribution < 1.29 is 45.2 Å². The van der Waals surface area contributed by atoms with Crippen LogP contribution in [0.5, 0.6) is 0 Å². The van der Waals surface area contributed by atoms with Crippen LogP contribution >= 0.6 is 21.6 Å². The summed E-state index contributed by atoms with van der Waals surface area (Å²) in [5.74, 6) is 1.46. The zero-order valence-corrected chi connectivity index (χ0v) is 32.7. The third kappa shape index (κ3) is 7.98. The molecule has 50 heavy (non-hydrogen) atoms. The van der Waals surface area contributed by atoms with Crippen LogP contribution in [-0.4, -0.2) is 88.8 Å². The van der Waals surface area contributed by atoms with Crippen molar-refractivity contribution in [3.63, 3.8) is 0 Å². The Balaban J connectivity index is 0.000000228. The molecule has 6 rings (SSSR count). The number of nitrogens with one attached hydrogen (secondary N) is 1. The lowest BCUT2D eigenvalue weighted by Crippen LogP contribution is -2.78. The second-order valence-electron chi connectivity index (χ2n) is 16.0. The third-order valence-electron chi connectivity index (χ3n) is 12.9. The summed E-state index contributed by atoms with van der Waals surface area (Å²) in [6, 6.07) is 0. The Morgan fingerprint density at radius 1 is 1.04 bits per heavy atom. The largest absolute Gasteiger partial charge is 0.458 e. The number of hydrogen-bond donors (Lipinski definition) is 3. The maximum Gasteiger partial charge on any atom is 0.334 e. The molecule has 1 aliphatic carbocycles. The molecule has 6 aliphatic rings. The van der Waals surface area contributed by atoms with Crippen molar-refractivity contribution in [3.05, 3.63) is 11.1 Å². The second-order valence-corrected chi connectivity index (χ2v) is 18.8. The minimum Gasteiger partial charge on any atom is -0.458 e. The maximum absolute atomic E-state index is 12.1. The summed E-state index contributed by atoms with van der Waals surface area (Å²) >= 11 is 0. The first-order valence-electron chi connectivity index (χ1n) is 19.3. The number of hydrogen-bond acceptors (Lipinski definition) is 11. The zero-order chi connectivity index (χ0) is 36.0. The van der Waals surface area contributed by atoms with Crippen LogP contribution in [0.1, 0.15) is 132 Å². The Morgan fingerprint density at radius 3 is 2.42 bits per heavy atom. The van der Waals surface area contributed by atoms with Gasteiger partial charge >= 0.3 is 5.97 Å². The molecule has 0 spiro atoms. The molecule has 0 aromatic heterocycles. The van der Waals surface area contributed by atoms with Crippen LogP contribution in [0, 0.1) is 17.3 Å². The van der Waals surface area contributed by atoms with E-state index in [1.807, 2.05) is 49.3 Å². The van der Waals surface area contributed by atoms with Crippen molar-refractivity contribution in [1.29, 1.82) is 0 Å². The summed E-state index contributed by atoms with van der Waals surface area (Å²) in [6.07, 6.45) is 15.4. The molecule has 4 saturated heterocycles. The number of cyclic esters (lactones) is 1. The highest BCUT2D eigenvalue weighted by Gasteiger charge is 2.83. The van der Waals surface area contributed by atoms with Gasteiger partial charge in [0.1, 0.15) is 17.8 Å². The molecule has 0 saturated carbocycles. The molecule has 12 heteroatoms. The summed E-state index contributed by atoms with van der Waals surface area (Å²) in [4.78, 5) is 28.9. The summed E-state index contributed by atoms with van der Waals surface area (Å²) in [7, 11) is 4.03. The van der Waals surface area contributed by atoms with Gasteiger partial charge in [0.2, 0.25) is 5.91 Å². The van der Waals surface area contributed by atoms with Crippen molar-refractivity contribution in [3.8, 4) is 0 Å². The monoisotopic (exact) mass is 743 g/mol. The van der Waals surface area contributed by atoms with Crippen molar-refractivity contribution in [1.82, 2.24) is 5.32 Å². The maximum atomic E-state index is 12.1. The molecule has 1 amide bonds. The van der Waals surface area contributed by atoms with Crippen LogP contribution in [0.3, 0.4) is 0 Å². The quantitative estimate of drug-likeness (QED) is 0.0339. The first-order valence-corrected chi connectivity index (χ1v) is 21.7. The molecule has 8 atom stereocenters. The average molecular weight is 744 g/mol. The molecular weight excluding hydrogens is 679 g/mol. The fourth-order valence-corrected chi connectivity index (χ4v) is 12.2.